The van der Waals surface area contributed by atoms with Gasteiger partial charge in [-0.15, -0.1) is 0 Å². The van der Waals surface area contributed by atoms with Gasteiger partial charge in [-0.2, -0.15) is 0 Å². The van der Waals surface area contributed by atoms with Crippen molar-refractivity contribution in [3.05, 3.63) is 47.3 Å². The Balaban J connectivity index is 1.80. The van der Waals surface area contributed by atoms with Crippen LogP contribution in [-0.2, 0) is 19.6 Å². The summed E-state index contributed by atoms with van der Waals surface area (Å²) in [5, 5.41) is 3.34. The lowest BCUT2D eigenvalue weighted by Crippen LogP contribution is -2.16. The van der Waals surface area contributed by atoms with E-state index in [2.05, 4.69) is 24.2 Å². The van der Waals surface area contributed by atoms with E-state index in [1.54, 1.807) is 0 Å². The topological polar surface area (TPSA) is 41.5 Å². The molecule has 0 bridgehead atoms. The van der Waals surface area contributed by atoms with Crippen molar-refractivity contribution in [3.8, 4) is 0 Å². The summed E-state index contributed by atoms with van der Waals surface area (Å²) < 4.78 is 11.4. The molecule has 2 heterocycles. The van der Waals surface area contributed by atoms with E-state index in [1.165, 1.54) is 0 Å². The largest absolute Gasteiger partial charge is 0.465 e. The van der Waals surface area contributed by atoms with Gasteiger partial charge < -0.3 is 14.2 Å². The van der Waals surface area contributed by atoms with Crippen LogP contribution in [0.1, 0.15) is 36.4 Å². The van der Waals surface area contributed by atoms with Gasteiger partial charge in [0.15, 0.2) is 0 Å². The molecular formula is C16H24N2O2. The minimum Gasteiger partial charge on any atom is -0.465 e. The van der Waals surface area contributed by atoms with Gasteiger partial charge in [-0.3, -0.25) is 4.90 Å². The lowest BCUT2D eigenvalue weighted by atomic mass is 10.3. The summed E-state index contributed by atoms with van der Waals surface area (Å²) in [5.74, 6) is 3.93. The molecule has 0 saturated heterocycles. The molecule has 2 aromatic heterocycles. The van der Waals surface area contributed by atoms with E-state index in [9.17, 15) is 0 Å². The highest BCUT2D eigenvalue weighted by Crippen LogP contribution is 2.13. The fraction of sp³-hybridized carbons (Fsp3) is 0.500. The summed E-state index contributed by atoms with van der Waals surface area (Å²) in [7, 11) is 2.06. The monoisotopic (exact) mass is 276 g/mol. The zero-order valence-electron chi connectivity index (χ0n) is 12.6. The maximum Gasteiger partial charge on any atom is 0.118 e. The standard InChI is InChI=1S/C16H24N2O2/c1-4-9-17-10-14-7-8-16(20-14)12-18(3)11-15-6-5-13(2)19-15/h5-8,17H,4,9-12H2,1-3H3. The third kappa shape index (κ3) is 4.54. The highest BCUT2D eigenvalue weighted by atomic mass is 16.3. The molecule has 0 radical (unpaired) electrons. The first kappa shape index (κ1) is 14.9. The van der Waals surface area contributed by atoms with Crippen molar-refractivity contribution in [2.24, 2.45) is 0 Å². The molecule has 0 aliphatic carbocycles. The predicted octanol–water partition coefficient (Wildman–Crippen LogP) is 3.31. The van der Waals surface area contributed by atoms with Gasteiger partial charge in [0.05, 0.1) is 19.6 Å². The lowest BCUT2D eigenvalue weighted by Gasteiger charge is -2.13. The van der Waals surface area contributed by atoms with Crippen molar-refractivity contribution in [2.75, 3.05) is 13.6 Å². The number of rotatable bonds is 8. The number of aryl methyl sites for hydroxylation is 1. The van der Waals surface area contributed by atoms with E-state index in [-0.39, 0.29) is 0 Å². The van der Waals surface area contributed by atoms with E-state index in [0.29, 0.717) is 0 Å². The molecule has 4 heteroatoms. The number of hydrogen-bond donors (Lipinski definition) is 1. The van der Waals surface area contributed by atoms with Crippen LogP contribution in [0.15, 0.2) is 33.1 Å². The van der Waals surface area contributed by atoms with Crippen LogP contribution in [0.3, 0.4) is 0 Å². The molecule has 0 aliphatic rings. The molecule has 0 unspecified atom stereocenters. The van der Waals surface area contributed by atoms with Crippen LogP contribution in [0.25, 0.3) is 0 Å². The van der Waals surface area contributed by atoms with E-state index < -0.39 is 0 Å². The van der Waals surface area contributed by atoms with Crippen molar-refractivity contribution < 1.29 is 8.83 Å². The van der Waals surface area contributed by atoms with E-state index in [0.717, 1.165) is 55.6 Å². The average Bonchev–Trinajstić information content (AvgIpc) is 2.99. The zero-order valence-corrected chi connectivity index (χ0v) is 12.6. The Hall–Kier alpha value is -1.52. The molecule has 0 amide bonds. The van der Waals surface area contributed by atoms with Gasteiger partial charge in [0.1, 0.15) is 23.0 Å². The average molecular weight is 276 g/mol. The van der Waals surface area contributed by atoms with Gasteiger partial charge in [0, 0.05) is 0 Å². The van der Waals surface area contributed by atoms with Crippen molar-refractivity contribution in [1.29, 1.82) is 0 Å². The Morgan fingerprint density at radius 2 is 1.65 bits per heavy atom. The van der Waals surface area contributed by atoms with Crippen LogP contribution in [0.2, 0.25) is 0 Å². The van der Waals surface area contributed by atoms with Crippen LogP contribution >= 0.6 is 0 Å². The van der Waals surface area contributed by atoms with Crippen LogP contribution in [-0.4, -0.2) is 18.5 Å². The Labute approximate surface area is 120 Å². The first-order chi connectivity index (χ1) is 9.67. The molecule has 0 saturated carbocycles. The summed E-state index contributed by atoms with van der Waals surface area (Å²) in [6, 6.07) is 8.11. The molecular weight excluding hydrogens is 252 g/mol. The normalized spacial score (nSPS) is 11.4. The molecule has 2 aromatic rings. The molecule has 2 rings (SSSR count). The first-order valence-electron chi connectivity index (χ1n) is 7.19. The van der Waals surface area contributed by atoms with Gasteiger partial charge >= 0.3 is 0 Å². The van der Waals surface area contributed by atoms with Gasteiger partial charge in [0.2, 0.25) is 0 Å². The number of nitrogens with zero attached hydrogens (tertiary/aromatic N) is 1. The Kier molecular flexibility index (Phi) is 5.44. The Bertz CT molecular complexity index is 516. The summed E-state index contributed by atoms with van der Waals surface area (Å²) >= 11 is 0. The molecule has 4 nitrogen and oxygen atoms in total. The molecule has 20 heavy (non-hydrogen) atoms. The summed E-state index contributed by atoms with van der Waals surface area (Å²) in [4.78, 5) is 2.18. The maximum absolute atomic E-state index is 5.81. The van der Waals surface area contributed by atoms with Gasteiger partial charge in [-0.1, -0.05) is 6.92 Å². The maximum atomic E-state index is 5.81. The van der Waals surface area contributed by atoms with Crippen molar-refractivity contribution in [3.63, 3.8) is 0 Å². The Morgan fingerprint density at radius 3 is 2.30 bits per heavy atom. The highest BCUT2D eigenvalue weighted by Gasteiger charge is 2.08. The number of furan rings is 2. The quantitative estimate of drug-likeness (QED) is 0.751. The second kappa shape index (κ2) is 7.31. The number of hydrogen-bond acceptors (Lipinski definition) is 4. The minimum absolute atomic E-state index is 0.785. The minimum atomic E-state index is 0.785. The second-order valence-electron chi connectivity index (χ2n) is 5.23. The van der Waals surface area contributed by atoms with Crippen molar-refractivity contribution >= 4 is 0 Å². The SMILES string of the molecule is CCCNCc1ccc(CN(C)Cc2ccc(C)o2)o1. The molecule has 0 spiro atoms. The molecule has 0 fully saturated rings. The van der Waals surface area contributed by atoms with Gasteiger partial charge in [-0.25, -0.2) is 0 Å². The lowest BCUT2D eigenvalue weighted by molar-refractivity contribution is 0.259. The third-order valence-corrected chi connectivity index (χ3v) is 3.09. The zero-order chi connectivity index (χ0) is 14.4. The van der Waals surface area contributed by atoms with Gasteiger partial charge in [0.25, 0.3) is 0 Å². The Morgan fingerprint density at radius 1 is 1.00 bits per heavy atom. The van der Waals surface area contributed by atoms with Crippen LogP contribution in [0.5, 0.6) is 0 Å². The molecule has 0 atom stereocenters. The predicted molar refractivity (Wildman–Crippen MR) is 79.3 cm³/mol. The highest BCUT2D eigenvalue weighted by molar-refractivity contribution is 5.08. The second-order valence-corrected chi connectivity index (χ2v) is 5.23. The van der Waals surface area contributed by atoms with Crippen LogP contribution in [0, 0.1) is 6.92 Å². The fourth-order valence-electron chi connectivity index (χ4n) is 2.15. The molecule has 110 valence electrons. The number of nitrogens with one attached hydrogen (secondary N) is 1. The van der Waals surface area contributed by atoms with E-state index in [1.807, 2.05) is 31.2 Å². The van der Waals surface area contributed by atoms with Crippen LogP contribution in [0.4, 0.5) is 0 Å². The fourth-order valence-corrected chi connectivity index (χ4v) is 2.15. The van der Waals surface area contributed by atoms with E-state index >= 15 is 0 Å². The molecule has 1 N–H and O–H groups in total. The van der Waals surface area contributed by atoms with E-state index in [4.69, 9.17) is 8.83 Å². The third-order valence-electron chi connectivity index (χ3n) is 3.09. The van der Waals surface area contributed by atoms with Crippen molar-refractivity contribution in [1.82, 2.24) is 10.2 Å². The summed E-state index contributed by atoms with van der Waals surface area (Å²) in [6.45, 7) is 7.52. The summed E-state index contributed by atoms with van der Waals surface area (Å²) in [6.07, 6.45) is 1.14. The first-order valence-corrected chi connectivity index (χ1v) is 7.19. The van der Waals surface area contributed by atoms with Crippen LogP contribution < -0.4 is 5.32 Å². The molecule has 0 aromatic carbocycles. The smallest absolute Gasteiger partial charge is 0.118 e. The molecule has 0 aliphatic heterocycles. The van der Waals surface area contributed by atoms with Gasteiger partial charge in [-0.05, 0) is 51.2 Å². The van der Waals surface area contributed by atoms with Crippen molar-refractivity contribution in [2.45, 2.75) is 39.9 Å². The summed E-state index contributed by atoms with van der Waals surface area (Å²) in [5.41, 5.74) is 0.